The lowest BCUT2D eigenvalue weighted by molar-refractivity contribution is 0.102. The number of benzene rings is 2. The fourth-order valence-corrected chi connectivity index (χ4v) is 1.82. The van der Waals surface area contributed by atoms with Gasteiger partial charge in [-0.3, -0.25) is 4.79 Å². The van der Waals surface area contributed by atoms with Gasteiger partial charge in [0, 0.05) is 17.3 Å². The quantitative estimate of drug-likeness (QED) is 0.805. The van der Waals surface area contributed by atoms with Crippen molar-refractivity contribution in [1.29, 1.82) is 0 Å². The van der Waals surface area contributed by atoms with E-state index < -0.39 is 17.5 Å². The van der Waals surface area contributed by atoms with Gasteiger partial charge in [-0.15, -0.1) is 5.10 Å². The molecule has 0 saturated heterocycles. The first-order valence-electron chi connectivity index (χ1n) is 6.23. The highest BCUT2D eigenvalue weighted by atomic mass is 19.2. The number of rotatable bonds is 3. The summed E-state index contributed by atoms with van der Waals surface area (Å²) in [6.07, 6.45) is 1.43. The number of hydrogen-bond acceptors (Lipinski definition) is 4. The Balaban J connectivity index is 1.76. The van der Waals surface area contributed by atoms with E-state index in [4.69, 9.17) is 0 Å². The van der Waals surface area contributed by atoms with E-state index in [-0.39, 0.29) is 5.69 Å². The van der Waals surface area contributed by atoms with Crippen molar-refractivity contribution in [3.63, 3.8) is 0 Å². The first-order valence-corrected chi connectivity index (χ1v) is 6.23. The second-order valence-electron chi connectivity index (χ2n) is 4.38. The van der Waals surface area contributed by atoms with Gasteiger partial charge in [-0.25, -0.2) is 13.5 Å². The largest absolute Gasteiger partial charge is 0.322 e. The highest BCUT2D eigenvalue weighted by molar-refractivity contribution is 6.04. The van der Waals surface area contributed by atoms with Crippen molar-refractivity contribution >= 4 is 11.6 Å². The highest BCUT2D eigenvalue weighted by Gasteiger charge is 2.09. The first kappa shape index (κ1) is 13.8. The Labute approximate surface area is 123 Å². The third kappa shape index (κ3) is 2.80. The SMILES string of the molecule is O=C(Nc1ccc(F)c(F)c1)c1ccc(-n2cnnn2)cc1. The number of hydrogen-bond donors (Lipinski definition) is 1. The van der Waals surface area contributed by atoms with E-state index in [0.29, 0.717) is 11.3 Å². The van der Waals surface area contributed by atoms with Crippen LogP contribution in [0, 0.1) is 11.6 Å². The van der Waals surface area contributed by atoms with Crippen molar-refractivity contribution < 1.29 is 13.6 Å². The smallest absolute Gasteiger partial charge is 0.255 e. The molecular formula is C14H9F2N5O. The van der Waals surface area contributed by atoms with Gasteiger partial charge >= 0.3 is 0 Å². The van der Waals surface area contributed by atoms with Crippen LogP contribution in [-0.4, -0.2) is 26.1 Å². The van der Waals surface area contributed by atoms with Crippen LogP contribution in [0.25, 0.3) is 5.69 Å². The second-order valence-corrected chi connectivity index (χ2v) is 4.38. The van der Waals surface area contributed by atoms with Crippen molar-refractivity contribution in [3.8, 4) is 5.69 Å². The van der Waals surface area contributed by atoms with Crippen LogP contribution < -0.4 is 5.32 Å². The number of aromatic nitrogens is 4. The molecule has 0 atom stereocenters. The molecule has 1 heterocycles. The second kappa shape index (κ2) is 5.68. The molecule has 0 spiro atoms. The Morgan fingerprint density at radius 3 is 2.45 bits per heavy atom. The van der Waals surface area contributed by atoms with E-state index in [2.05, 4.69) is 20.8 Å². The van der Waals surface area contributed by atoms with E-state index >= 15 is 0 Å². The lowest BCUT2D eigenvalue weighted by Crippen LogP contribution is -2.12. The van der Waals surface area contributed by atoms with Gasteiger partial charge in [0.1, 0.15) is 6.33 Å². The summed E-state index contributed by atoms with van der Waals surface area (Å²) in [7, 11) is 0. The van der Waals surface area contributed by atoms with Crippen molar-refractivity contribution in [2.24, 2.45) is 0 Å². The molecule has 0 aliphatic heterocycles. The van der Waals surface area contributed by atoms with E-state index in [1.54, 1.807) is 24.3 Å². The number of tetrazole rings is 1. The van der Waals surface area contributed by atoms with Crippen molar-refractivity contribution in [2.75, 3.05) is 5.32 Å². The Morgan fingerprint density at radius 2 is 1.82 bits per heavy atom. The molecule has 0 aliphatic rings. The number of amides is 1. The molecule has 0 unspecified atom stereocenters. The lowest BCUT2D eigenvalue weighted by Gasteiger charge is -2.06. The molecule has 6 nitrogen and oxygen atoms in total. The average molecular weight is 301 g/mol. The summed E-state index contributed by atoms with van der Waals surface area (Å²) in [5.41, 5.74) is 1.23. The van der Waals surface area contributed by atoms with Gasteiger partial charge in [-0.1, -0.05) is 0 Å². The summed E-state index contributed by atoms with van der Waals surface area (Å²) < 4.78 is 27.4. The van der Waals surface area contributed by atoms with E-state index in [1.807, 2.05) is 0 Å². The molecule has 3 rings (SSSR count). The zero-order chi connectivity index (χ0) is 15.5. The Kier molecular flexibility index (Phi) is 3.57. The number of carbonyl (C=O) groups excluding carboxylic acids is 1. The minimum atomic E-state index is -1.02. The van der Waals surface area contributed by atoms with Crippen molar-refractivity contribution in [3.05, 3.63) is 66.0 Å². The van der Waals surface area contributed by atoms with Gasteiger partial charge in [-0.05, 0) is 46.8 Å². The van der Waals surface area contributed by atoms with E-state index in [0.717, 1.165) is 12.1 Å². The van der Waals surface area contributed by atoms with Crippen LogP contribution in [-0.2, 0) is 0 Å². The minimum Gasteiger partial charge on any atom is -0.322 e. The van der Waals surface area contributed by atoms with Crippen LogP contribution in [0.5, 0.6) is 0 Å². The predicted molar refractivity (Wildman–Crippen MR) is 73.5 cm³/mol. The summed E-state index contributed by atoms with van der Waals surface area (Å²) in [5.74, 6) is -2.43. The van der Waals surface area contributed by atoms with E-state index in [9.17, 15) is 13.6 Å². The average Bonchev–Trinajstić information content (AvgIpc) is 3.05. The zero-order valence-corrected chi connectivity index (χ0v) is 11.1. The third-order valence-corrected chi connectivity index (χ3v) is 2.92. The molecule has 22 heavy (non-hydrogen) atoms. The van der Waals surface area contributed by atoms with Gasteiger partial charge in [0.25, 0.3) is 5.91 Å². The van der Waals surface area contributed by atoms with Crippen molar-refractivity contribution in [2.45, 2.75) is 0 Å². The fraction of sp³-hybridized carbons (Fsp3) is 0. The Morgan fingerprint density at radius 1 is 1.05 bits per heavy atom. The molecule has 1 aromatic heterocycles. The monoisotopic (exact) mass is 301 g/mol. The summed E-state index contributed by atoms with van der Waals surface area (Å²) in [6.45, 7) is 0. The molecular weight excluding hydrogens is 292 g/mol. The number of nitrogens with one attached hydrogen (secondary N) is 1. The maximum atomic E-state index is 13.1. The topological polar surface area (TPSA) is 72.7 Å². The van der Waals surface area contributed by atoms with Crippen LogP contribution in [0.1, 0.15) is 10.4 Å². The first-order chi connectivity index (χ1) is 10.6. The van der Waals surface area contributed by atoms with Crippen LogP contribution in [0.2, 0.25) is 0 Å². The standard InChI is InChI=1S/C14H9F2N5O/c15-12-6-3-10(7-13(12)16)18-14(22)9-1-4-11(5-2-9)21-8-17-19-20-21/h1-8H,(H,18,22). The normalized spacial score (nSPS) is 10.5. The van der Waals surface area contributed by atoms with Gasteiger partial charge in [-0.2, -0.15) is 0 Å². The third-order valence-electron chi connectivity index (χ3n) is 2.92. The summed E-state index contributed by atoms with van der Waals surface area (Å²) in [5, 5.41) is 13.2. The summed E-state index contributed by atoms with van der Waals surface area (Å²) >= 11 is 0. The fourth-order valence-electron chi connectivity index (χ4n) is 1.82. The molecule has 1 N–H and O–H groups in total. The lowest BCUT2D eigenvalue weighted by atomic mass is 10.2. The highest BCUT2D eigenvalue weighted by Crippen LogP contribution is 2.15. The molecule has 2 aromatic carbocycles. The van der Waals surface area contributed by atoms with Gasteiger partial charge in [0.2, 0.25) is 0 Å². The number of anilines is 1. The Bertz CT molecular complexity index is 803. The molecule has 110 valence electrons. The maximum absolute atomic E-state index is 13.1. The molecule has 3 aromatic rings. The molecule has 0 radical (unpaired) electrons. The Hall–Kier alpha value is -3.16. The van der Waals surface area contributed by atoms with Crippen LogP contribution in [0.15, 0.2) is 48.8 Å². The number of halogens is 2. The van der Waals surface area contributed by atoms with Gasteiger partial charge < -0.3 is 5.32 Å². The van der Waals surface area contributed by atoms with E-state index in [1.165, 1.54) is 17.1 Å². The molecule has 8 heteroatoms. The summed E-state index contributed by atoms with van der Waals surface area (Å²) in [4.78, 5) is 12.0. The molecule has 0 fully saturated rings. The number of nitrogens with zero attached hydrogens (tertiary/aromatic N) is 4. The van der Waals surface area contributed by atoms with Gasteiger partial charge in [0.05, 0.1) is 5.69 Å². The van der Waals surface area contributed by atoms with Gasteiger partial charge in [0.15, 0.2) is 11.6 Å². The molecule has 1 amide bonds. The summed E-state index contributed by atoms with van der Waals surface area (Å²) in [6, 6.07) is 9.63. The molecule has 0 bridgehead atoms. The van der Waals surface area contributed by atoms with Crippen LogP contribution in [0.3, 0.4) is 0 Å². The van der Waals surface area contributed by atoms with Crippen LogP contribution >= 0.6 is 0 Å². The minimum absolute atomic E-state index is 0.174. The maximum Gasteiger partial charge on any atom is 0.255 e. The number of carbonyl (C=O) groups is 1. The zero-order valence-electron chi connectivity index (χ0n) is 11.1. The van der Waals surface area contributed by atoms with Crippen molar-refractivity contribution in [1.82, 2.24) is 20.2 Å². The molecule has 0 saturated carbocycles. The van der Waals surface area contributed by atoms with Crippen LogP contribution in [0.4, 0.5) is 14.5 Å². The predicted octanol–water partition coefficient (Wildman–Crippen LogP) is 2.19. The molecule has 0 aliphatic carbocycles.